The molecular formula is C11H18N4. The second-order valence-electron chi connectivity index (χ2n) is 4.12. The molecule has 0 radical (unpaired) electrons. The van der Waals surface area contributed by atoms with Crippen LogP contribution in [-0.2, 0) is 0 Å². The van der Waals surface area contributed by atoms with E-state index in [-0.39, 0.29) is 0 Å². The average molecular weight is 206 g/mol. The van der Waals surface area contributed by atoms with Crippen LogP contribution in [0.5, 0.6) is 0 Å². The lowest BCUT2D eigenvalue weighted by molar-refractivity contribution is 0.773. The van der Waals surface area contributed by atoms with Crippen LogP contribution in [0, 0.1) is 12.8 Å². The molecule has 0 aromatic carbocycles. The summed E-state index contributed by atoms with van der Waals surface area (Å²) in [6.45, 7) is 4.22. The third-order valence-corrected chi connectivity index (χ3v) is 2.86. The zero-order valence-electron chi connectivity index (χ0n) is 9.54. The number of aryl methyl sites for hydroxylation is 1. The van der Waals surface area contributed by atoms with E-state index in [4.69, 9.17) is 0 Å². The van der Waals surface area contributed by atoms with Gasteiger partial charge in [-0.3, -0.25) is 0 Å². The molecule has 2 N–H and O–H groups in total. The van der Waals surface area contributed by atoms with Gasteiger partial charge in [0.2, 0.25) is 5.95 Å². The zero-order chi connectivity index (χ0) is 10.8. The monoisotopic (exact) mass is 206 g/mol. The van der Waals surface area contributed by atoms with Crippen molar-refractivity contribution in [2.75, 3.05) is 17.7 Å². The lowest BCUT2D eigenvalue weighted by Gasteiger charge is -2.07. The Kier molecular flexibility index (Phi) is 2.75. The van der Waals surface area contributed by atoms with E-state index < -0.39 is 0 Å². The molecule has 4 nitrogen and oxygen atoms in total. The summed E-state index contributed by atoms with van der Waals surface area (Å²) in [5.41, 5.74) is 0.991. The fourth-order valence-corrected chi connectivity index (χ4v) is 1.82. The van der Waals surface area contributed by atoms with Crippen molar-refractivity contribution < 1.29 is 0 Å². The Morgan fingerprint density at radius 1 is 1.47 bits per heavy atom. The van der Waals surface area contributed by atoms with E-state index >= 15 is 0 Å². The van der Waals surface area contributed by atoms with Gasteiger partial charge in [0, 0.05) is 24.8 Å². The molecule has 0 saturated heterocycles. The van der Waals surface area contributed by atoms with Crippen molar-refractivity contribution in [3.05, 3.63) is 11.8 Å². The standard InChI is InChI=1S/C11H18N4/c1-4-8-6-9(8)14-10-5-7(2)13-11(12-3)15-10/h5,8-9H,4,6H2,1-3H3,(H2,12,13,14,15). The van der Waals surface area contributed by atoms with Crippen LogP contribution in [0.15, 0.2) is 6.07 Å². The predicted octanol–water partition coefficient (Wildman–Crippen LogP) is 2.04. The molecule has 1 aliphatic rings. The highest BCUT2D eigenvalue weighted by Crippen LogP contribution is 2.35. The largest absolute Gasteiger partial charge is 0.367 e. The summed E-state index contributed by atoms with van der Waals surface area (Å²) in [5.74, 6) is 2.46. The summed E-state index contributed by atoms with van der Waals surface area (Å²) in [5, 5.41) is 6.41. The Balaban J connectivity index is 2.05. The van der Waals surface area contributed by atoms with E-state index in [1.807, 2.05) is 20.0 Å². The van der Waals surface area contributed by atoms with Gasteiger partial charge in [-0.05, 0) is 19.3 Å². The van der Waals surface area contributed by atoms with Gasteiger partial charge in [-0.1, -0.05) is 13.3 Å². The quantitative estimate of drug-likeness (QED) is 0.791. The van der Waals surface area contributed by atoms with Crippen LogP contribution < -0.4 is 10.6 Å². The average Bonchev–Trinajstić information content (AvgIpc) is 2.95. The number of aromatic nitrogens is 2. The van der Waals surface area contributed by atoms with E-state index in [2.05, 4.69) is 27.5 Å². The van der Waals surface area contributed by atoms with Crippen molar-refractivity contribution in [3.63, 3.8) is 0 Å². The number of hydrogen-bond acceptors (Lipinski definition) is 4. The smallest absolute Gasteiger partial charge is 0.224 e. The van der Waals surface area contributed by atoms with Crippen molar-refractivity contribution in [2.45, 2.75) is 32.7 Å². The molecule has 2 unspecified atom stereocenters. The number of nitrogens with one attached hydrogen (secondary N) is 2. The van der Waals surface area contributed by atoms with Gasteiger partial charge >= 0.3 is 0 Å². The van der Waals surface area contributed by atoms with E-state index in [1.54, 1.807) is 0 Å². The Bertz CT molecular complexity index is 350. The molecule has 2 rings (SSSR count). The van der Waals surface area contributed by atoms with E-state index in [0.717, 1.165) is 17.4 Å². The molecule has 1 aromatic rings. The van der Waals surface area contributed by atoms with E-state index in [1.165, 1.54) is 12.8 Å². The van der Waals surface area contributed by atoms with Gasteiger partial charge in [-0.2, -0.15) is 4.98 Å². The van der Waals surface area contributed by atoms with Crippen molar-refractivity contribution in [1.29, 1.82) is 0 Å². The fourth-order valence-electron chi connectivity index (χ4n) is 1.82. The lowest BCUT2D eigenvalue weighted by Crippen LogP contribution is -2.08. The SMILES string of the molecule is CCC1CC1Nc1cc(C)nc(NC)n1. The first-order valence-corrected chi connectivity index (χ1v) is 5.53. The maximum absolute atomic E-state index is 4.37. The molecule has 2 atom stereocenters. The first-order valence-electron chi connectivity index (χ1n) is 5.53. The molecule has 82 valence electrons. The normalized spacial score (nSPS) is 23.7. The van der Waals surface area contributed by atoms with Crippen molar-refractivity contribution in [1.82, 2.24) is 9.97 Å². The van der Waals surface area contributed by atoms with Gasteiger partial charge < -0.3 is 10.6 Å². The summed E-state index contributed by atoms with van der Waals surface area (Å²) >= 11 is 0. The first-order chi connectivity index (χ1) is 7.22. The minimum absolute atomic E-state index is 0.619. The Morgan fingerprint density at radius 2 is 2.27 bits per heavy atom. The molecule has 1 aromatic heterocycles. The Labute approximate surface area is 90.5 Å². The van der Waals surface area contributed by atoms with E-state index in [0.29, 0.717) is 12.0 Å². The summed E-state index contributed by atoms with van der Waals surface area (Å²) in [7, 11) is 1.84. The van der Waals surface area contributed by atoms with Crippen LogP contribution >= 0.6 is 0 Å². The van der Waals surface area contributed by atoms with Crippen LogP contribution in [-0.4, -0.2) is 23.1 Å². The van der Waals surface area contributed by atoms with Crippen LogP contribution in [0.3, 0.4) is 0 Å². The first kappa shape index (κ1) is 10.2. The van der Waals surface area contributed by atoms with Gasteiger partial charge in [-0.25, -0.2) is 4.98 Å². The Morgan fingerprint density at radius 3 is 2.87 bits per heavy atom. The van der Waals surface area contributed by atoms with Gasteiger partial charge in [0.15, 0.2) is 0 Å². The lowest BCUT2D eigenvalue weighted by atomic mass is 10.3. The van der Waals surface area contributed by atoms with Gasteiger partial charge in [0.05, 0.1) is 0 Å². The van der Waals surface area contributed by atoms with Crippen LogP contribution in [0.1, 0.15) is 25.5 Å². The summed E-state index contributed by atoms with van der Waals surface area (Å²) in [6, 6.07) is 2.61. The van der Waals surface area contributed by atoms with Crippen molar-refractivity contribution in [3.8, 4) is 0 Å². The molecule has 15 heavy (non-hydrogen) atoms. The third-order valence-electron chi connectivity index (χ3n) is 2.86. The third kappa shape index (κ3) is 2.37. The number of hydrogen-bond donors (Lipinski definition) is 2. The summed E-state index contributed by atoms with van der Waals surface area (Å²) in [6.07, 6.45) is 2.52. The highest BCUT2D eigenvalue weighted by atomic mass is 15.1. The second kappa shape index (κ2) is 4.04. The molecule has 1 aliphatic carbocycles. The predicted molar refractivity (Wildman–Crippen MR) is 62.1 cm³/mol. The maximum Gasteiger partial charge on any atom is 0.224 e. The summed E-state index contributed by atoms with van der Waals surface area (Å²) in [4.78, 5) is 8.62. The Hall–Kier alpha value is -1.32. The molecule has 1 heterocycles. The molecule has 0 aliphatic heterocycles. The van der Waals surface area contributed by atoms with Gasteiger partial charge in [0.1, 0.15) is 5.82 Å². The number of nitrogens with zero attached hydrogens (tertiary/aromatic N) is 2. The van der Waals surface area contributed by atoms with Gasteiger partial charge in [-0.15, -0.1) is 0 Å². The van der Waals surface area contributed by atoms with Crippen molar-refractivity contribution in [2.24, 2.45) is 5.92 Å². The molecule has 4 heteroatoms. The minimum Gasteiger partial charge on any atom is -0.367 e. The van der Waals surface area contributed by atoms with E-state index in [9.17, 15) is 0 Å². The zero-order valence-corrected chi connectivity index (χ0v) is 9.54. The van der Waals surface area contributed by atoms with Gasteiger partial charge in [0.25, 0.3) is 0 Å². The topological polar surface area (TPSA) is 49.8 Å². The van der Waals surface area contributed by atoms with Crippen LogP contribution in [0.2, 0.25) is 0 Å². The fraction of sp³-hybridized carbons (Fsp3) is 0.636. The maximum atomic E-state index is 4.37. The molecular weight excluding hydrogens is 188 g/mol. The summed E-state index contributed by atoms with van der Waals surface area (Å²) < 4.78 is 0. The van der Waals surface area contributed by atoms with Crippen LogP contribution in [0.25, 0.3) is 0 Å². The molecule has 1 fully saturated rings. The van der Waals surface area contributed by atoms with Crippen LogP contribution in [0.4, 0.5) is 11.8 Å². The van der Waals surface area contributed by atoms with Crippen molar-refractivity contribution >= 4 is 11.8 Å². The highest BCUT2D eigenvalue weighted by molar-refractivity contribution is 5.43. The molecule has 0 bridgehead atoms. The molecule has 1 saturated carbocycles. The number of rotatable bonds is 4. The molecule has 0 spiro atoms. The molecule has 0 amide bonds. The highest BCUT2D eigenvalue weighted by Gasteiger charge is 2.35. The number of anilines is 2. The minimum atomic E-state index is 0.619. The second-order valence-corrected chi connectivity index (χ2v) is 4.12.